The largest absolute Gasteiger partial charge is 0.505 e. The van der Waals surface area contributed by atoms with Gasteiger partial charge < -0.3 is 15.2 Å². The van der Waals surface area contributed by atoms with Gasteiger partial charge in [0, 0.05) is 12.1 Å². The number of aromatic hydroxyl groups is 1. The first-order valence-corrected chi connectivity index (χ1v) is 5.94. The van der Waals surface area contributed by atoms with Crippen molar-refractivity contribution in [2.75, 3.05) is 12.4 Å². The van der Waals surface area contributed by atoms with Crippen molar-refractivity contribution >= 4 is 5.69 Å². The molecule has 0 saturated heterocycles. The van der Waals surface area contributed by atoms with Crippen LogP contribution in [-0.2, 0) is 6.54 Å². The Balaban J connectivity index is 2.27. The Morgan fingerprint density at radius 3 is 2.75 bits per heavy atom. The van der Waals surface area contributed by atoms with E-state index in [0.29, 0.717) is 22.6 Å². The number of nitriles is 1. The van der Waals surface area contributed by atoms with E-state index < -0.39 is 11.6 Å². The molecule has 0 fully saturated rings. The zero-order valence-electron chi connectivity index (χ0n) is 10.9. The summed E-state index contributed by atoms with van der Waals surface area (Å²) in [6.45, 7) is 0.179. The summed E-state index contributed by atoms with van der Waals surface area (Å²) < 4.78 is 18.4. The zero-order valence-corrected chi connectivity index (χ0v) is 10.9. The van der Waals surface area contributed by atoms with Crippen molar-refractivity contribution in [2.45, 2.75) is 6.54 Å². The quantitative estimate of drug-likeness (QED) is 0.898. The molecule has 0 spiro atoms. The highest BCUT2D eigenvalue weighted by Gasteiger charge is 2.11. The molecule has 4 nitrogen and oxygen atoms in total. The predicted molar refractivity (Wildman–Crippen MR) is 73.1 cm³/mol. The number of para-hydroxylation sites is 2. The first-order valence-electron chi connectivity index (χ1n) is 5.94. The molecule has 0 heterocycles. The topological polar surface area (TPSA) is 65.3 Å². The number of anilines is 1. The van der Waals surface area contributed by atoms with E-state index in [2.05, 4.69) is 11.4 Å². The van der Waals surface area contributed by atoms with Gasteiger partial charge in [-0.1, -0.05) is 18.2 Å². The third-order valence-electron chi connectivity index (χ3n) is 2.89. The van der Waals surface area contributed by atoms with Gasteiger partial charge in [0.05, 0.1) is 18.4 Å². The molecular weight excluding hydrogens is 259 g/mol. The number of methoxy groups -OCH3 is 1. The van der Waals surface area contributed by atoms with Crippen LogP contribution in [-0.4, -0.2) is 12.2 Å². The maximum Gasteiger partial charge on any atom is 0.165 e. The van der Waals surface area contributed by atoms with Gasteiger partial charge in [-0.15, -0.1) is 0 Å². The molecule has 0 radical (unpaired) electrons. The van der Waals surface area contributed by atoms with Crippen LogP contribution in [0.2, 0.25) is 0 Å². The SMILES string of the molecule is COc1cccc(C#N)c1NCc1cccc(F)c1O. The third kappa shape index (κ3) is 2.64. The van der Waals surface area contributed by atoms with E-state index in [-0.39, 0.29) is 6.54 Å². The van der Waals surface area contributed by atoms with Crippen LogP contribution in [0.25, 0.3) is 0 Å². The van der Waals surface area contributed by atoms with Gasteiger partial charge >= 0.3 is 0 Å². The van der Waals surface area contributed by atoms with Crippen molar-refractivity contribution in [1.82, 2.24) is 0 Å². The van der Waals surface area contributed by atoms with Gasteiger partial charge in [-0.3, -0.25) is 0 Å². The number of halogens is 1. The number of ether oxygens (including phenoxy) is 1. The summed E-state index contributed by atoms with van der Waals surface area (Å²) >= 11 is 0. The molecule has 0 aromatic heterocycles. The number of benzene rings is 2. The lowest BCUT2D eigenvalue weighted by molar-refractivity contribution is 0.416. The van der Waals surface area contributed by atoms with Crippen molar-refractivity contribution in [1.29, 1.82) is 5.26 Å². The van der Waals surface area contributed by atoms with Crippen LogP contribution < -0.4 is 10.1 Å². The van der Waals surface area contributed by atoms with Crippen molar-refractivity contribution < 1.29 is 14.2 Å². The number of phenolic OH excluding ortho intramolecular Hbond substituents is 1. The summed E-state index contributed by atoms with van der Waals surface area (Å²) in [5.74, 6) is -0.557. The second-order valence-electron chi connectivity index (χ2n) is 4.10. The number of rotatable bonds is 4. The van der Waals surface area contributed by atoms with Gasteiger partial charge in [0.2, 0.25) is 0 Å². The second-order valence-corrected chi connectivity index (χ2v) is 4.10. The van der Waals surface area contributed by atoms with Crippen LogP contribution in [0.4, 0.5) is 10.1 Å². The first kappa shape index (κ1) is 13.7. The summed E-state index contributed by atoms with van der Waals surface area (Å²) in [6, 6.07) is 11.4. The minimum Gasteiger partial charge on any atom is -0.505 e. The number of hydrogen-bond donors (Lipinski definition) is 2. The smallest absolute Gasteiger partial charge is 0.165 e. The average molecular weight is 272 g/mol. The fourth-order valence-electron chi connectivity index (χ4n) is 1.86. The second kappa shape index (κ2) is 5.93. The van der Waals surface area contributed by atoms with Gasteiger partial charge in [0.25, 0.3) is 0 Å². The lowest BCUT2D eigenvalue weighted by Gasteiger charge is -2.13. The Morgan fingerprint density at radius 1 is 1.30 bits per heavy atom. The number of phenols is 1. The number of nitrogens with zero attached hydrogens (tertiary/aromatic N) is 1. The van der Waals surface area contributed by atoms with E-state index >= 15 is 0 Å². The van der Waals surface area contributed by atoms with Crippen LogP contribution in [0, 0.1) is 17.1 Å². The van der Waals surface area contributed by atoms with Gasteiger partial charge in [-0.2, -0.15) is 5.26 Å². The molecule has 0 aliphatic rings. The molecule has 102 valence electrons. The van der Waals surface area contributed by atoms with Gasteiger partial charge in [-0.25, -0.2) is 4.39 Å². The normalized spacial score (nSPS) is 9.85. The Hall–Kier alpha value is -2.74. The minimum atomic E-state index is -0.676. The number of nitrogens with one attached hydrogen (secondary N) is 1. The van der Waals surface area contributed by atoms with Crippen LogP contribution in [0.1, 0.15) is 11.1 Å². The first-order chi connectivity index (χ1) is 9.67. The molecule has 0 atom stereocenters. The number of hydrogen-bond acceptors (Lipinski definition) is 4. The zero-order chi connectivity index (χ0) is 14.5. The molecule has 20 heavy (non-hydrogen) atoms. The standard InChI is InChI=1S/C15H13FN2O2/c1-20-13-7-3-4-10(8-17)14(13)18-9-11-5-2-6-12(16)15(11)19/h2-7,18-19H,9H2,1H3. The van der Waals surface area contributed by atoms with Crippen molar-refractivity contribution in [3.8, 4) is 17.6 Å². The maximum absolute atomic E-state index is 13.2. The van der Waals surface area contributed by atoms with E-state index in [4.69, 9.17) is 10.00 Å². The maximum atomic E-state index is 13.2. The monoisotopic (exact) mass is 272 g/mol. The predicted octanol–water partition coefficient (Wildman–Crippen LogP) is 3.02. The van der Waals surface area contributed by atoms with E-state index in [9.17, 15) is 9.50 Å². The Bertz CT molecular complexity index is 665. The lowest BCUT2D eigenvalue weighted by atomic mass is 10.1. The van der Waals surface area contributed by atoms with E-state index in [1.165, 1.54) is 19.2 Å². The summed E-state index contributed by atoms with van der Waals surface area (Å²) in [6.07, 6.45) is 0. The van der Waals surface area contributed by atoms with Crippen molar-refractivity contribution in [3.63, 3.8) is 0 Å². The highest BCUT2D eigenvalue weighted by molar-refractivity contribution is 5.66. The van der Waals surface area contributed by atoms with E-state index in [1.807, 2.05) is 0 Å². The molecule has 2 rings (SSSR count). The van der Waals surface area contributed by atoms with Gasteiger partial charge in [-0.05, 0) is 18.2 Å². The molecule has 0 saturated carbocycles. The Morgan fingerprint density at radius 2 is 2.05 bits per heavy atom. The summed E-state index contributed by atoms with van der Waals surface area (Å²) in [5, 5.41) is 21.7. The molecule has 0 aliphatic carbocycles. The van der Waals surface area contributed by atoms with Crippen molar-refractivity contribution in [3.05, 3.63) is 53.3 Å². The van der Waals surface area contributed by atoms with Gasteiger partial charge in [0.15, 0.2) is 11.6 Å². The molecule has 2 N–H and O–H groups in total. The van der Waals surface area contributed by atoms with Crippen LogP contribution in [0.15, 0.2) is 36.4 Å². The molecule has 0 amide bonds. The fraction of sp³-hybridized carbons (Fsp3) is 0.133. The molecular formula is C15H13FN2O2. The van der Waals surface area contributed by atoms with Gasteiger partial charge in [0.1, 0.15) is 11.8 Å². The summed E-state index contributed by atoms with van der Waals surface area (Å²) in [5.41, 5.74) is 1.33. The summed E-state index contributed by atoms with van der Waals surface area (Å²) in [4.78, 5) is 0. The minimum absolute atomic E-state index is 0.179. The van der Waals surface area contributed by atoms with Crippen LogP contribution >= 0.6 is 0 Å². The highest BCUT2D eigenvalue weighted by Crippen LogP contribution is 2.29. The van der Waals surface area contributed by atoms with E-state index in [1.54, 1.807) is 24.3 Å². The van der Waals surface area contributed by atoms with E-state index in [0.717, 1.165) is 0 Å². The molecule has 0 unspecified atom stereocenters. The van der Waals surface area contributed by atoms with Crippen LogP contribution in [0.5, 0.6) is 11.5 Å². The van der Waals surface area contributed by atoms with Crippen LogP contribution in [0.3, 0.4) is 0 Å². The molecule has 0 aliphatic heterocycles. The van der Waals surface area contributed by atoms with Crippen molar-refractivity contribution in [2.24, 2.45) is 0 Å². The molecule has 2 aromatic carbocycles. The lowest BCUT2D eigenvalue weighted by Crippen LogP contribution is -2.04. The third-order valence-corrected chi connectivity index (χ3v) is 2.89. The molecule has 0 bridgehead atoms. The Labute approximate surface area is 116 Å². The fourth-order valence-corrected chi connectivity index (χ4v) is 1.86. The highest BCUT2D eigenvalue weighted by atomic mass is 19.1. The average Bonchev–Trinajstić information content (AvgIpc) is 2.48. The molecule has 5 heteroatoms. The molecule has 2 aromatic rings. The Kier molecular flexibility index (Phi) is 4.06. The summed E-state index contributed by atoms with van der Waals surface area (Å²) in [7, 11) is 1.50.